The molecule has 0 unspecified atom stereocenters. The van der Waals surface area contributed by atoms with Gasteiger partial charge in [-0.1, -0.05) is 208 Å². The van der Waals surface area contributed by atoms with E-state index in [9.17, 15) is 0 Å². The van der Waals surface area contributed by atoms with E-state index in [0.717, 1.165) is 44.6 Å². The normalized spacial score (nSPS) is 12.8. The monoisotopic (exact) mass is 858 g/mol. The highest BCUT2D eigenvalue weighted by Crippen LogP contribution is 2.54. The van der Waals surface area contributed by atoms with Crippen molar-refractivity contribution >= 4 is 53.1 Å². The van der Waals surface area contributed by atoms with Crippen molar-refractivity contribution in [3.63, 3.8) is 0 Å². The van der Waals surface area contributed by atoms with Crippen LogP contribution >= 0.6 is 11.3 Å². The van der Waals surface area contributed by atoms with Crippen molar-refractivity contribution in [3.8, 4) is 78.4 Å². The van der Waals surface area contributed by atoms with Crippen molar-refractivity contribution in [2.24, 2.45) is 0 Å². The van der Waals surface area contributed by atoms with E-state index in [1.165, 1.54) is 80.8 Å². The van der Waals surface area contributed by atoms with Crippen LogP contribution in [0.3, 0.4) is 0 Å². The van der Waals surface area contributed by atoms with Gasteiger partial charge in [-0.05, 0) is 101 Å². The molecule has 0 saturated heterocycles. The molecule has 0 atom stereocenters. The summed E-state index contributed by atoms with van der Waals surface area (Å²) < 4.78 is 2.64. The average molecular weight is 859 g/mol. The summed E-state index contributed by atoms with van der Waals surface area (Å²) in [6.45, 7) is 4.74. The van der Waals surface area contributed by atoms with Crippen molar-refractivity contribution < 1.29 is 0 Å². The highest BCUT2D eigenvalue weighted by molar-refractivity contribution is 7.26. The lowest BCUT2D eigenvalue weighted by Gasteiger charge is -2.22. The van der Waals surface area contributed by atoms with Crippen LogP contribution in [0, 0.1) is 0 Å². The number of hydrogen-bond acceptors (Lipinski definition) is 3. The zero-order valence-electron chi connectivity index (χ0n) is 36.6. The van der Waals surface area contributed by atoms with Gasteiger partial charge in [0.25, 0.3) is 0 Å². The van der Waals surface area contributed by atoms with E-state index in [1.54, 1.807) is 0 Å². The number of thiophene rings is 1. The topological polar surface area (TPSA) is 25.8 Å². The minimum Gasteiger partial charge on any atom is -0.228 e. The molecule has 2 aromatic heterocycles. The highest BCUT2D eigenvalue weighted by Gasteiger charge is 2.37. The molecular formula is C63H42N2S. The Bertz CT molecular complexity index is 3900. The molecule has 12 aromatic rings. The summed E-state index contributed by atoms with van der Waals surface area (Å²) in [5, 5.41) is 7.53. The third-order valence-electron chi connectivity index (χ3n) is 13.9. The summed E-state index contributed by atoms with van der Waals surface area (Å²) in [5.74, 6) is 0.699. The van der Waals surface area contributed by atoms with E-state index in [4.69, 9.17) is 9.97 Å². The summed E-state index contributed by atoms with van der Waals surface area (Å²) in [5.41, 5.74) is 17.4. The van der Waals surface area contributed by atoms with Crippen molar-refractivity contribution in [1.29, 1.82) is 0 Å². The first-order valence-corrected chi connectivity index (χ1v) is 23.5. The summed E-state index contributed by atoms with van der Waals surface area (Å²) in [4.78, 5) is 10.7. The number of nitrogens with zero attached hydrogens (tertiary/aromatic N) is 2. The molecule has 66 heavy (non-hydrogen) atoms. The van der Waals surface area contributed by atoms with Gasteiger partial charge in [0.05, 0.1) is 11.4 Å². The molecule has 1 aliphatic carbocycles. The molecular weight excluding hydrogens is 817 g/mol. The van der Waals surface area contributed by atoms with E-state index in [-0.39, 0.29) is 5.41 Å². The van der Waals surface area contributed by atoms with E-state index in [2.05, 4.69) is 226 Å². The first-order chi connectivity index (χ1) is 32.5. The summed E-state index contributed by atoms with van der Waals surface area (Å²) >= 11 is 1.87. The Labute approximate surface area is 388 Å². The number of benzene rings is 10. The number of fused-ring (bicyclic) bond motifs is 8. The maximum absolute atomic E-state index is 5.37. The van der Waals surface area contributed by atoms with Crippen LogP contribution in [0.4, 0.5) is 0 Å². The first kappa shape index (κ1) is 38.5. The van der Waals surface area contributed by atoms with Crippen molar-refractivity contribution in [2.45, 2.75) is 19.3 Å². The molecule has 2 nitrogen and oxygen atoms in total. The van der Waals surface area contributed by atoms with Gasteiger partial charge in [0.2, 0.25) is 0 Å². The standard InChI is InChI=1S/C63H42N2S/c1-63(2)55-28-15-26-52(60(55)54-36-42-18-6-7-19-43(42)37-56(54)63)48-34-35-50(47-22-10-9-21-46(47)48)58-38-57(64-62(65-58)41-16-4-3-5-17-41)49-23-11-8-20-44(49)39-30-32-40(33-31-39)45-25-14-27-53-51-24-12-13-29-59(51)66-61(45)53/h3-38H,1-2H3. The van der Waals surface area contributed by atoms with E-state index >= 15 is 0 Å². The Morgan fingerprint density at radius 1 is 0.348 bits per heavy atom. The van der Waals surface area contributed by atoms with Crippen LogP contribution in [0.15, 0.2) is 218 Å². The second-order valence-corrected chi connectivity index (χ2v) is 19.1. The Morgan fingerprint density at radius 2 is 0.909 bits per heavy atom. The summed E-state index contributed by atoms with van der Waals surface area (Å²) in [7, 11) is 0. The van der Waals surface area contributed by atoms with E-state index in [0.29, 0.717) is 5.82 Å². The molecule has 3 heteroatoms. The maximum Gasteiger partial charge on any atom is 0.160 e. The van der Waals surface area contributed by atoms with Crippen LogP contribution < -0.4 is 0 Å². The van der Waals surface area contributed by atoms with Gasteiger partial charge in [0, 0.05) is 42.3 Å². The van der Waals surface area contributed by atoms with E-state index < -0.39 is 0 Å². The van der Waals surface area contributed by atoms with Crippen LogP contribution in [0.2, 0.25) is 0 Å². The molecule has 0 fully saturated rings. The molecule has 0 spiro atoms. The Balaban J connectivity index is 0.946. The molecule has 0 radical (unpaired) electrons. The third-order valence-corrected chi connectivity index (χ3v) is 15.1. The smallest absolute Gasteiger partial charge is 0.160 e. The molecule has 0 N–H and O–H groups in total. The molecule has 13 rings (SSSR count). The van der Waals surface area contributed by atoms with Crippen LogP contribution in [0.25, 0.3) is 120 Å². The van der Waals surface area contributed by atoms with Gasteiger partial charge in [0.1, 0.15) is 0 Å². The lowest BCUT2D eigenvalue weighted by atomic mass is 9.81. The van der Waals surface area contributed by atoms with Gasteiger partial charge < -0.3 is 0 Å². The molecule has 10 aromatic carbocycles. The van der Waals surface area contributed by atoms with Crippen LogP contribution in [-0.2, 0) is 5.41 Å². The van der Waals surface area contributed by atoms with Gasteiger partial charge >= 0.3 is 0 Å². The fourth-order valence-corrected chi connectivity index (χ4v) is 11.9. The fourth-order valence-electron chi connectivity index (χ4n) is 10.7. The molecule has 0 saturated carbocycles. The zero-order chi connectivity index (χ0) is 43.9. The SMILES string of the molecule is CC1(C)c2cc3ccccc3cc2-c2c(-c3ccc(-c4cc(-c5ccccc5-c5ccc(-c6cccc7c6sc6ccccc67)cc5)nc(-c5ccccc5)n4)c4ccccc34)cccc21. The number of hydrogen-bond donors (Lipinski definition) is 0. The van der Waals surface area contributed by atoms with Crippen LogP contribution in [0.1, 0.15) is 25.0 Å². The van der Waals surface area contributed by atoms with Crippen molar-refractivity contribution in [1.82, 2.24) is 9.97 Å². The third kappa shape index (κ3) is 6.08. The lowest BCUT2D eigenvalue weighted by Crippen LogP contribution is -2.14. The number of rotatable bonds is 6. The van der Waals surface area contributed by atoms with Gasteiger partial charge in [0.15, 0.2) is 5.82 Å². The quantitative estimate of drug-likeness (QED) is 0.166. The zero-order valence-corrected chi connectivity index (χ0v) is 37.4. The minimum absolute atomic E-state index is 0.127. The first-order valence-electron chi connectivity index (χ1n) is 22.7. The predicted octanol–water partition coefficient (Wildman–Crippen LogP) is 17.5. The molecule has 2 heterocycles. The second-order valence-electron chi connectivity index (χ2n) is 18.0. The summed E-state index contributed by atoms with van der Waals surface area (Å²) in [6, 6.07) is 79.5. The van der Waals surface area contributed by atoms with Crippen molar-refractivity contribution in [2.75, 3.05) is 0 Å². The molecule has 310 valence electrons. The lowest BCUT2D eigenvalue weighted by molar-refractivity contribution is 0.661. The Morgan fingerprint density at radius 3 is 1.70 bits per heavy atom. The fraction of sp³-hybridized carbons (Fsp3) is 0.0476. The molecule has 1 aliphatic rings. The van der Waals surface area contributed by atoms with Crippen LogP contribution in [0.5, 0.6) is 0 Å². The average Bonchev–Trinajstić information content (AvgIpc) is 3.87. The molecule has 0 bridgehead atoms. The van der Waals surface area contributed by atoms with Gasteiger partial charge in [-0.15, -0.1) is 11.3 Å². The van der Waals surface area contributed by atoms with Gasteiger partial charge in [-0.2, -0.15) is 0 Å². The molecule has 0 aliphatic heterocycles. The minimum atomic E-state index is -0.127. The predicted molar refractivity (Wildman–Crippen MR) is 280 cm³/mol. The Kier molecular flexibility index (Phi) is 8.78. The second kappa shape index (κ2) is 15.1. The molecule has 0 amide bonds. The highest BCUT2D eigenvalue weighted by atomic mass is 32.1. The van der Waals surface area contributed by atoms with Crippen molar-refractivity contribution in [3.05, 3.63) is 230 Å². The van der Waals surface area contributed by atoms with E-state index in [1.807, 2.05) is 17.4 Å². The largest absolute Gasteiger partial charge is 0.228 e. The maximum atomic E-state index is 5.37. The van der Waals surface area contributed by atoms with Gasteiger partial charge in [-0.25, -0.2) is 9.97 Å². The van der Waals surface area contributed by atoms with Gasteiger partial charge in [-0.3, -0.25) is 0 Å². The Hall–Kier alpha value is -7.98. The summed E-state index contributed by atoms with van der Waals surface area (Å²) in [6.07, 6.45) is 0. The number of aromatic nitrogens is 2. The van der Waals surface area contributed by atoms with Crippen LogP contribution in [-0.4, -0.2) is 9.97 Å².